The molecule has 3 nitrogen and oxygen atoms in total. The number of ether oxygens (including phenoxy) is 2. The third-order valence-electron chi connectivity index (χ3n) is 22.3. The van der Waals surface area contributed by atoms with Crippen LogP contribution in [0.25, 0.3) is 0 Å². The molecule has 9 aliphatic carbocycles. The summed E-state index contributed by atoms with van der Waals surface area (Å²) in [6.45, 7) is 0. The fourth-order valence-corrected chi connectivity index (χ4v) is 24.4. The van der Waals surface area contributed by atoms with E-state index in [1.807, 2.05) is 0 Å². The quantitative estimate of drug-likeness (QED) is 0.274. The summed E-state index contributed by atoms with van der Waals surface area (Å²) in [5.74, 6) is 11.2. The van der Waals surface area contributed by atoms with E-state index in [4.69, 9.17) is 9.47 Å². The molecule has 13 aliphatic rings. The first-order chi connectivity index (χ1) is 29.2. The summed E-state index contributed by atoms with van der Waals surface area (Å²) in [5, 5.41) is 3.85. The molecule has 0 aromatic rings. The number of thioether (sulfide) groups is 2. The summed E-state index contributed by atoms with van der Waals surface area (Å²) in [6.07, 6.45) is 49.0. The van der Waals surface area contributed by atoms with Crippen molar-refractivity contribution in [2.75, 3.05) is 0 Å². The van der Waals surface area contributed by atoms with Crippen molar-refractivity contribution in [2.24, 2.45) is 71.0 Å². The Bertz CT molecular complexity index is 1460. The Balaban J connectivity index is 0.713. The van der Waals surface area contributed by atoms with Gasteiger partial charge in [0, 0.05) is 45.0 Å². The molecule has 330 valence electrons. The lowest BCUT2D eigenvalue weighted by molar-refractivity contribution is -0.0785. The summed E-state index contributed by atoms with van der Waals surface area (Å²) in [4.78, 5) is 3.42. The maximum Gasteiger partial charge on any atom is 0.0652 e. The van der Waals surface area contributed by atoms with E-state index >= 15 is 0 Å². The highest BCUT2D eigenvalue weighted by Gasteiger charge is 2.61. The largest absolute Gasteiger partial charge is 0.374 e. The highest BCUT2D eigenvalue weighted by Crippen LogP contribution is 2.63. The molecule has 0 N–H and O–H groups in total. The van der Waals surface area contributed by atoms with Crippen LogP contribution in [0.5, 0.6) is 0 Å². The molecule has 19 unspecified atom stereocenters. The molecule has 0 radical (unpaired) electrons. The third-order valence-corrected chi connectivity index (χ3v) is 26.1. The van der Waals surface area contributed by atoms with Crippen LogP contribution in [0, 0.1) is 71.0 Å². The monoisotopic (exact) mass is 844 g/mol. The van der Waals surface area contributed by atoms with Gasteiger partial charge in [0.2, 0.25) is 0 Å². The van der Waals surface area contributed by atoms with E-state index < -0.39 is 0 Å². The number of fused-ring (bicyclic) bond motifs is 13. The van der Waals surface area contributed by atoms with Crippen LogP contribution in [0.15, 0.2) is 0 Å². The molecule has 0 spiro atoms. The Kier molecular flexibility index (Phi) is 11.3. The van der Waals surface area contributed by atoms with E-state index in [-0.39, 0.29) is 0 Å². The second-order valence-corrected chi connectivity index (χ2v) is 27.4. The van der Waals surface area contributed by atoms with Crippen molar-refractivity contribution in [2.45, 2.75) is 263 Å². The van der Waals surface area contributed by atoms with E-state index in [9.17, 15) is 0 Å². The normalized spacial score (nSPS) is 56.8. The van der Waals surface area contributed by atoms with Gasteiger partial charge < -0.3 is 9.47 Å². The zero-order valence-corrected chi connectivity index (χ0v) is 38.9. The smallest absolute Gasteiger partial charge is 0.0652 e. The topological polar surface area (TPSA) is 21.7 Å². The lowest BCUT2D eigenvalue weighted by Gasteiger charge is -2.53. The van der Waals surface area contributed by atoms with Crippen molar-refractivity contribution >= 4 is 23.5 Å². The Morgan fingerprint density at radius 3 is 1.58 bits per heavy atom. The molecule has 9 saturated carbocycles. The summed E-state index contributed by atoms with van der Waals surface area (Å²) in [5.41, 5.74) is 0. The summed E-state index contributed by atoms with van der Waals surface area (Å²) >= 11 is 5.02. The van der Waals surface area contributed by atoms with Crippen LogP contribution in [-0.4, -0.2) is 68.4 Å². The molecule has 0 bridgehead atoms. The van der Waals surface area contributed by atoms with E-state index in [0.29, 0.717) is 24.4 Å². The van der Waals surface area contributed by atoms with Crippen LogP contribution < -0.4 is 0 Å². The second-order valence-electron chi connectivity index (χ2n) is 24.5. The van der Waals surface area contributed by atoms with Crippen LogP contribution in [0.3, 0.4) is 0 Å². The van der Waals surface area contributed by atoms with Crippen LogP contribution in [-0.2, 0) is 9.47 Å². The zero-order valence-electron chi connectivity index (χ0n) is 37.3. The number of hydrogen-bond donors (Lipinski definition) is 0. The van der Waals surface area contributed by atoms with Gasteiger partial charge in [-0.25, -0.2) is 0 Å². The molecule has 13 rings (SSSR count). The van der Waals surface area contributed by atoms with Gasteiger partial charge in [-0.1, -0.05) is 57.8 Å². The molecule has 4 aliphatic heterocycles. The molecule has 13 fully saturated rings. The fourth-order valence-electron chi connectivity index (χ4n) is 20.1. The van der Waals surface area contributed by atoms with Gasteiger partial charge in [0.1, 0.15) is 0 Å². The molecule has 0 aromatic carbocycles. The van der Waals surface area contributed by atoms with Gasteiger partial charge in [-0.15, -0.1) is 0 Å². The van der Waals surface area contributed by atoms with E-state index in [0.717, 1.165) is 110 Å². The Labute approximate surface area is 369 Å². The highest BCUT2D eigenvalue weighted by molar-refractivity contribution is 8.01. The standard InChI is InChI=1S/C54H85NO2S2/c1-4-19-46-38(10-1)40-15-7-13-36(51(40)56-46)32-22-26-34(27-23-32)55(45-18-9-17-43-39-11-2-5-20-47(39)59-54(43)45)35-28-24-33(25-29-35)37-14-8-16-41-42-30-31-49-50(53(42)57-52(37)41)44-12-3-6-21-48(44)58-49/h32-54H,1-31H2. The molecular weight excluding hydrogens is 759 g/mol. The molecule has 5 heteroatoms. The lowest BCUT2D eigenvalue weighted by atomic mass is 9.62. The van der Waals surface area contributed by atoms with Gasteiger partial charge in [-0.05, 0) is 206 Å². The van der Waals surface area contributed by atoms with E-state index in [1.54, 1.807) is 12.8 Å². The van der Waals surface area contributed by atoms with E-state index in [1.165, 1.54) is 186 Å². The van der Waals surface area contributed by atoms with Gasteiger partial charge >= 0.3 is 0 Å². The highest BCUT2D eigenvalue weighted by atomic mass is 32.2. The maximum absolute atomic E-state index is 7.63. The van der Waals surface area contributed by atoms with Crippen molar-refractivity contribution in [3.05, 3.63) is 0 Å². The summed E-state index contributed by atoms with van der Waals surface area (Å²) in [7, 11) is 0. The van der Waals surface area contributed by atoms with Gasteiger partial charge in [-0.3, -0.25) is 4.90 Å². The minimum Gasteiger partial charge on any atom is -0.374 e. The van der Waals surface area contributed by atoms with Crippen molar-refractivity contribution in [3.63, 3.8) is 0 Å². The first-order valence-corrected chi connectivity index (χ1v) is 29.5. The van der Waals surface area contributed by atoms with Crippen molar-refractivity contribution < 1.29 is 9.47 Å². The van der Waals surface area contributed by atoms with Crippen LogP contribution in [0.2, 0.25) is 0 Å². The molecular formula is C54H85NO2S2. The Morgan fingerprint density at radius 2 is 0.847 bits per heavy atom. The molecule has 4 saturated heterocycles. The summed E-state index contributed by atoms with van der Waals surface area (Å²) in [6, 6.07) is 2.58. The van der Waals surface area contributed by atoms with Crippen molar-refractivity contribution in [1.82, 2.24) is 4.90 Å². The first-order valence-electron chi connectivity index (χ1n) is 27.6. The molecule has 0 aromatic heterocycles. The molecule has 19 atom stereocenters. The third kappa shape index (κ3) is 6.92. The van der Waals surface area contributed by atoms with Gasteiger partial charge in [0.25, 0.3) is 0 Å². The second kappa shape index (κ2) is 16.8. The number of rotatable bonds is 5. The Hall–Kier alpha value is 0.580. The van der Waals surface area contributed by atoms with Crippen LogP contribution in [0.4, 0.5) is 0 Å². The first kappa shape index (κ1) is 39.9. The number of hydrogen-bond acceptors (Lipinski definition) is 5. The SMILES string of the molecule is C1CCC2C(C1)OC1C(C3CCC(N(C4CCC(C5CCCC6C7CCC8SC9CCCCC9C8C7OC56)CC4)C4CCCC5C6CCCCC6SC54)CC3)CCCC21. The average molecular weight is 844 g/mol. The van der Waals surface area contributed by atoms with Gasteiger partial charge in [0.15, 0.2) is 0 Å². The average Bonchev–Trinajstić information content (AvgIpc) is 4.07. The van der Waals surface area contributed by atoms with Crippen LogP contribution in [0.1, 0.15) is 199 Å². The predicted octanol–water partition coefficient (Wildman–Crippen LogP) is 13.5. The minimum absolute atomic E-state index is 0.614. The maximum atomic E-state index is 7.63. The predicted molar refractivity (Wildman–Crippen MR) is 246 cm³/mol. The molecule has 0 amide bonds. The molecule has 4 heterocycles. The summed E-state index contributed by atoms with van der Waals surface area (Å²) < 4.78 is 14.8. The van der Waals surface area contributed by atoms with Gasteiger partial charge in [-0.2, -0.15) is 23.5 Å². The number of nitrogens with zero attached hydrogens (tertiary/aromatic N) is 1. The van der Waals surface area contributed by atoms with Crippen molar-refractivity contribution in [1.29, 1.82) is 0 Å². The van der Waals surface area contributed by atoms with Crippen molar-refractivity contribution in [3.8, 4) is 0 Å². The zero-order chi connectivity index (χ0) is 38.6. The van der Waals surface area contributed by atoms with Gasteiger partial charge in [0.05, 0.1) is 24.4 Å². The fraction of sp³-hybridized carbons (Fsp3) is 1.00. The molecule has 59 heavy (non-hydrogen) atoms. The van der Waals surface area contributed by atoms with Crippen LogP contribution >= 0.6 is 23.5 Å². The Morgan fingerprint density at radius 1 is 0.322 bits per heavy atom. The van der Waals surface area contributed by atoms with E-state index in [2.05, 4.69) is 28.4 Å². The lowest BCUT2D eigenvalue weighted by Crippen LogP contribution is -2.57. The minimum atomic E-state index is 0.614.